The normalized spacial score (nSPS) is 41.4. The van der Waals surface area contributed by atoms with Crippen molar-refractivity contribution in [3.8, 4) is 0 Å². The molecule has 4 heterocycles. The minimum Gasteiger partial charge on any atom is -0.479 e. The molecule has 0 bridgehead atoms. The molecule has 3 saturated heterocycles. The lowest BCUT2D eigenvalue weighted by atomic mass is 9.67. The first-order valence-electron chi connectivity index (χ1n) is 9.67. The van der Waals surface area contributed by atoms with Crippen LogP contribution in [0.25, 0.3) is 0 Å². The zero-order valence-corrected chi connectivity index (χ0v) is 15.3. The Labute approximate surface area is 149 Å². The van der Waals surface area contributed by atoms with Crippen molar-refractivity contribution in [2.45, 2.75) is 63.8 Å². The minimum absolute atomic E-state index is 0.0484. The molecule has 25 heavy (non-hydrogen) atoms. The maximum absolute atomic E-state index is 12.2. The van der Waals surface area contributed by atoms with E-state index in [1.807, 2.05) is 11.8 Å². The van der Waals surface area contributed by atoms with E-state index in [2.05, 4.69) is 11.0 Å². The number of aliphatic hydroxyl groups is 1. The summed E-state index contributed by atoms with van der Waals surface area (Å²) < 4.78 is 11.3. The summed E-state index contributed by atoms with van der Waals surface area (Å²) in [7, 11) is 1.45. The fraction of sp³-hybridized carbons (Fsp3) is 0.842. The van der Waals surface area contributed by atoms with E-state index in [-0.39, 0.29) is 29.9 Å². The van der Waals surface area contributed by atoms with Crippen LogP contribution in [0.3, 0.4) is 0 Å². The summed E-state index contributed by atoms with van der Waals surface area (Å²) in [5.41, 5.74) is -0.137. The number of carbonyl (C=O) groups excluding carboxylic acids is 1. The van der Waals surface area contributed by atoms with Crippen LogP contribution in [-0.2, 0) is 9.47 Å². The SMILES string of the molecule is COC(=O)N1CC[C@H]2C=C(C)O[C@@H]3N4CCCCC[C@H](O)[C@@H]4C[C@]23C1. The molecule has 0 aromatic heterocycles. The third kappa shape index (κ3) is 2.74. The highest BCUT2D eigenvalue weighted by Gasteiger charge is 2.61. The molecule has 1 amide bonds. The molecular formula is C19H30N2O4. The molecule has 4 rings (SSSR count). The smallest absolute Gasteiger partial charge is 0.409 e. The fourth-order valence-corrected chi connectivity index (χ4v) is 5.60. The Morgan fingerprint density at radius 3 is 2.96 bits per heavy atom. The molecule has 140 valence electrons. The molecule has 6 nitrogen and oxygen atoms in total. The van der Waals surface area contributed by atoms with E-state index in [1.165, 1.54) is 7.11 Å². The molecule has 4 aliphatic rings. The molecule has 0 aromatic rings. The number of nitrogens with zero attached hydrogens (tertiary/aromatic N) is 2. The minimum atomic E-state index is -0.307. The van der Waals surface area contributed by atoms with Crippen LogP contribution in [0, 0.1) is 11.3 Å². The van der Waals surface area contributed by atoms with E-state index < -0.39 is 0 Å². The highest BCUT2D eigenvalue weighted by molar-refractivity contribution is 5.67. The van der Waals surface area contributed by atoms with Crippen LogP contribution >= 0.6 is 0 Å². The van der Waals surface area contributed by atoms with Gasteiger partial charge in [-0.1, -0.05) is 12.8 Å². The number of ether oxygens (including phenoxy) is 2. The average Bonchev–Trinajstić information content (AvgIpc) is 2.89. The van der Waals surface area contributed by atoms with Gasteiger partial charge in [-0.3, -0.25) is 4.90 Å². The van der Waals surface area contributed by atoms with Crippen LogP contribution in [0.5, 0.6) is 0 Å². The number of amides is 1. The molecule has 0 unspecified atom stereocenters. The van der Waals surface area contributed by atoms with Crippen LogP contribution < -0.4 is 0 Å². The van der Waals surface area contributed by atoms with Gasteiger partial charge in [-0.15, -0.1) is 0 Å². The summed E-state index contributed by atoms with van der Waals surface area (Å²) in [6, 6.07) is 0.129. The number of methoxy groups -OCH3 is 1. The van der Waals surface area contributed by atoms with Crippen molar-refractivity contribution in [1.29, 1.82) is 0 Å². The molecule has 3 fully saturated rings. The molecule has 6 heteroatoms. The predicted octanol–water partition coefficient (Wildman–Crippen LogP) is 2.33. The summed E-state index contributed by atoms with van der Waals surface area (Å²) in [5.74, 6) is 1.38. The first-order valence-corrected chi connectivity index (χ1v) is 9.67. The van der Waals surface area contributed by atoms with Crippen LogP contribution in [0.2, 0.25) is 0 Å². The van der Waals surface area contributed by atoms with Crippen molar-refractivity contribution >= 4 is 6.09 Å². The summed E-state index contributed by atoms with van der Waals surface area (Å²) in [4.78, 5) is 16.4. The number of aliphatic hydroxyl groups excluding tert-OH is 1. The number of likely N-dealkylation sites (tertiary alicyclic amines) is 1. The molecule has 5 atom stereocenters. The van der Waals surface area contributed by atoms with E-state index in [9.17, 15) is 9.90 Å². The van der Waals surface area contributed by atoms with Crippen molar-refractivity contribution in [3.63, 3.8) is 0 Å². The third-order valence-electron chi connectivity index (χ3n) is 6.77. The van der Waals surface area contributed by atoms with Gasteiger partial charge in [-0.25, -0.2) is 4.79 Å². The molecule has 0 aromatic carbocycles. The Morgan fingerprint density at radius 2 is 2.16 bits per heavy atom. The molecule has 1 spiro atoms. The van der Waals surface area contributed by atoms with Crippen molar-refractivity contribution in [2.24, 2.45) is 11.3 Å². The van der Waals surface area contributed by atoms with E-state index in [0.717, 1.165) is 57.4 Å². The van der Waals surface area contributed by atoms with Crippen LogP contribution in [0.1, 0.15) is 45.4 Å². The first-order chi connectivity index (χ1) is 12.0. The molecule has 0 radical (unpaired) electrons. The lowest BCUT2D eigenvalue weighted by molar-refractivity contribution is -0.126. The maximum atomic E-state index is 12.2. The third-order valence-corrected chi connectivity index (χ3v) is 6.77. The standard InChI is InChI=1S/C19H30N2O4/c1-13-10-14-7-9-20(18(23)24-2)12-19(14)11-15-16(22)6-4-3-5-8-21(15)17(19)25-13/h10,14-17,22H,3-9,11-12H2,1-2H3/t14-,15-,16-,17-,19-/m0/s1. The topological polar surface area (TPSA) is 62.2 Å². The molecule has 1 N–H and O–H groups in total. The van der Waals surface area contributed by atoms with Crippen LogP contribution in [0.4, 0.5) is 4.79 Å². The van der Waals surface area contributed by atoms with E-state index in [1.54, 1.807) is 0 Å². The molecule has 0 aliphatic carbocycles. The number of carbonyl (C=O) groups is 1. The van der Waals surface area contributed by atoms with Gasteiger partial charge in [0.15, 0.2) is 6.23 Å². The van der Waals surface area contributed by atoms with Gasteiger partial charge in [0.05, 0.1) is 19.0 Å². The zero-order chi connectivity index (χ0) is 17.6. The molecule has 4 aliphatic heterocycles. The second-order valence-electron chi connectivity index (χ2n) is 8.19. The fourth-order valence-electron chi connectivity index (χ4n) is 5.60. The van der Waals surface area contributed by atoms with Gasteiger partial charge in [0, 0.05) is 31.1 Å². The highest BCUT2D eigenvalue weighted by atomic mass is 16.5. The second kappa shape index (κ2) is 6.47. The summed E-state index contributed by atoms with van der Waals surface area (Å²) in [6.45, 7) is 4.37. The van der Waals surface area contributed by atoms with E-state index >= 15 is 0 Å². The molecule has 0 saturated carbocycles. The predicted molar refractivity (Wildman–Crippen MR) is 92.7 cm³/mol. The Balaban J connectivity index is 1.69. The highest BCUT2D eigenvalue weighted by Crippen LogP contribution is 2.55. The summed E-state index contributed by atoms with van der Waals surface area (Å²) >= 11 is 0. The number of fused-ring (bicyclic) bond motifs is 2. The van der Waals surface area contributed by atoms with Crippen LogP contribution in [-0.4, -0.2) is 66.1 Å². The van der Waals surface area contributed by atoms with Gasteiger partial charge < -0.3 is 19.5 Å². The van der Waals surface area contributed by atoms with E-state index in [0.29, 0.717) is 12.5 Å². The number of hydrogen-bond acceptors (Lipinski definition) is 5. The average molecular weight is 350 g/mol. The van der Waals surface area contributed by atoms with Gasteiger partial charge in [0.2, 0.25) is 0 Å². The van der Waals surface area contributed by atoms with Crippen molar-refractivity contribution in [1.82, 2.24) is 9.80 Å². The Kier molecular flexibility index (Phi) is 4.44. The number of rotatable bonds is 0. The summed E-state index contributed by atoms with van der Waals surface area (Å²) in [5, 5.41) is 10.8. The zero-order valence-electron chi connectivity index (χ0n) is 15.3. The second-order valence-corrected chi connectivity index (χ2v) is 8.19. The van der Waals surface area contributed by atoms with Crippen molar-refractivity contribution in [3.05, 3.63) is 11.8 Å². The van der Waals surface area contributed by atoms with Crippen molar-refractivity contribution < 1.29 is 19.4 Å². The maximum Gasteiger partial charge on any atom is 0.409 e. The first kappa shape index (κ1) is 17.2. The van der Waals surface area contributed by atoms with Gasteiger partial charge in [0.1, 0.15) is 0 Å². The van der Waals surface area contributed by atoms with Gasteiger partial charge in [-0.05, 0) is 44.6 Å². The monoisotopic (exact) mass is 350 g/mol. The van der Waals surface area contributed by atoms with Gasteiger partial charge in [-0.2, -0.15) is 0 Å². The Hall–Kier alpha value is -1.27. The summed E-state index contributed by atoms with van der Waals surface area (Å²) in [6.07, 6.45) is 7.73. The Morgan fingerprint density at radius 1 is 1.32 bits per heavy atom. The lowest BCUT2D eigenvalue weighted by Crippen LogP contribution is -2.58. The Bertz CT molecular complexity index is 566. The van der Waals surface area contributed by atoms with E-state index in [4.69, 9.17) is 9.47 Å². The number of allylic oxidation sites excluding steroid dienone is 2. The number of hydrogen-bond donors (Lipinski definition) is 1. The van der Waals surface area contributed by atoms with Crippen LogP contribution in [0.15, 0.2) is 11.8 Å². The quantitative estimate of drug-likeness (QED) is 0.726. The van der Waals surface area contributed by atoms with Crippen molar-refractivity contribution in [2.75, 3.05) is 26.7 Å². The molecular weight excluding hydrogens is 320 g/mol. The number of piperidine rings is 1. The largest absolute Gasteiger partial charge is 0.479 e. The van der Waals surface area contributed by atoms with Gasteiger partial charge in [0.25, 0.3) is 0 Å². The van der Waals surface area contributed by atoms with Gasteiger partial charge >= 0.3 is 6.09 Å². The lowest BCUT2D eigenvalue weighted by Gasteiger charge is -2.50.